The third-order valence-electron chi connectivity index (χ3n) is 0. The topological polar surface area (TPSA) is 143 Å². The Hall–Kier alpha value is -1.12. The van der Waals surface area contributed by atoms with Gasteiger partial charge in [0.25, 0.3) is 0 Å². The Balaban J connectivity index is -0.000000117. The molecular formula is C5H8O7S-4. The molecule has 0 saturated carbocycles. The fourth-order valence-electron chi connectivity index (χ4n) is 0. The van der Waals surface area contributed by atoms with Gasteiger partial charge in [-0.15, -0.1) is 12.3 Å². The van der Waals surface area contributed by atoms with E-state index in [0.717, 1.165) is 6.92 Å². The van der Waals surface area contributed by atoms with Crippen LogP contribution >= 0.6 is 0 Å². The normalized spacial score (nSPS) is 8.31. The SMILES string of the molecule is C=C(C)[O-].CC(=O)[O-].O=S(=O)([O-])[O-]. The Bertz CT molecular complexity index is 212. The maximum atomic E-state index is 9.33. The van der Waals surface area contributed by atoms with Crippen molar-refractivity contribution in [1.82, 2.24) is 0 Å². The van der Waals surface area contributed by atoms with E-state index < -0.39 is 16.4 Å². The molecule has 0 aromatic carbocycles. The molecule has 8 heteroatoms. The zero-order valence-electron chi connectivity index (χ0n) is 6.97. The van der Waals surface area contributed by atoms with E-state index in [0.29, 0.717) is 0 Å². The fraction of sp³-hybridized carbons (Fsp3) is 0.400. The summed E-state index contributed by atoms with van der Waals surface area (Å²) in [6.45, 7) is 5.39. The Kier molecular flexibility index (Phi) is 12.3. The molecule has 0 bridgehead atoms. The minimum atomic E-state index is -5.17. The van der Waals surface area contributed by atoms with Crippen molar-refractivity contribution in [1.29, 1.82) is 0 Å². The zero-order valence-corrected chi connectivity index (χ0v) is 7.79. The Labute approximate surface area is 75.9 Å². The van der Waals surface area contributed by atoms with Crippen molar-refractivity contribution in [3.05, 3.63) is 12.3 Å². The van der Waals surface area contributed by atoms with E-state index in [1.54, 1.807) is 0 Å². The highest BCUT2D eigenvalue weighted by Gasteiger charge is 1.49. The second-order valence-electron chi connectivity index (χ2n) is 1.60. The molecule has 0 fully saturated rings. The van der Waals surface area contributed by atoms with Crippen LogP contribution in [0, 0.1) is 0 Å². The molecule has 80 valence electrons. The Morgan fingerprint density at radius 1 is 1.15 bits per heavy atom. The number of hydrogen-bond acceptors (Lipinski definition) is 7. The summed E-state index contributed by atoms with van der Waals surface area (Å²) in [5.74, 6) is -1.17. The Morgan fingerprint density at radius 3 is 1.15 bits per heavy atom. The van der Waals surface area contributed by atoms with Gasteiger partial charge in [-0.05, 0) is 6.92 Å². The summed E-state index contributed by atoms with van der Waals surface area (Å²) >= 11 is 0. The first kappa shape index (κ1) is 17.8. The summed E-state index contributed by atoms with van der Waals surface area (Å²) in [6.07, 6.45) is 0. The number of rotatable bonds is 0. The highest BCUT2D eigenvalue weighted by molar-refractivity contribution is 7.79. The van der Waals surface area contributed by atoms with E-state index in [9.17, 15) is 5.11 Å². The molecule has 0 saturated heterocycles. The third kappa shape index (κ3) is 684. The molecule has 0 spiro atoms. The molecular weight excluding hydrogens is 204 g/mol. The molecule has 0 aromatic heterocycles. The molecule has 0 aliphatic carbocycles. The van der Waals surface area contributed by atoms with Gasteiger partial charge < -0.3 is 24.1 Å². The average Bonchev–Trinajstić information content (AvgIpc) is 1.50. The molecule has 0 unspecified atom stereocenters. The van der Waals surface area contributed by atoms with Gasteiger partial charge in [0.05, 0.1) is 0 Å². The highest BCUT2D eigenvalue weighted by Crippen LogP contribution is 1.58. The second kappa shape index (κ2) is 8.97. The molecule has 13 heavy (non-hydrogen) atoms. The predicted molar refractivity (Wildman–Crippen MR) is 36.0 cm³/mol. The third-order valence-corrected chi connectivity index (χ3v) is 0. The maximum Gasteiger partial charge on any atom is 0.0383 e. The van der Waals surface area contributed by atoms with Crippen LogP contribution in [0.4, 0.5) is 0 Å². The first-order valence-electron chi connectivity index (χ1n) is 2.63. The first-order valence-corrected chi connectivity index (χ1v) is 3.97. The zero-order chi connectivity index (χ0) is 11.7. The molecule has 0 aliphatic heterocycles. The number of carboxylic acids is 1. The number of carbonyl (C=O) groups excluding carboxylic acids is 1. The summed E-state index contributed by atoms with van der Waals surface area (Å²) in [5, 5.41) is 18.2. The molecule has 0 radical (unpaired) electrons. The molecule has 0 N–H and O–H groups in total. The van der Waals surface area contributed by atoms with Crippen molar-refractivity contribution in [2.24, 2.45) is 0 Å². The van der Waals surface area contributed by atoms with E-state index in [1.165, 1.54) is 6.92 Å². The monoisotopic (exact) mass is 212 g/mol. The van der Waals surface area contributed by atoms with Crippen molar-refractivity contribution < 1.29 is 32.5 Å². The van der Waals surface area contributed by atoms with E-state index in [2.05, 4.69) is 6.58 Å². The van der Waals surface area contributed by atoms with Crippen molar-refractivity contribution in [3.8, 4) is 0 Å². The van der Waals surface area contributed by atoms with Crippen molar-refractivity contribution in [2.75, 3.05) is 0 Å². The smallest absolute Gasteiger partial charge is 0.0383 e. The van der Waals surface area contributed by atoms with Gasteiger partial charge in [-0.1, -0.05) is 6.92 Å². The van der Waals surface area contributed by atoms with E-state index in [-0.39, 0.29) is 5.76 Å². The number of hydrogen-bond donors (Lipinski definition) is 0. The van der Waals surface area contributed by atoms with E-state index >= 15 is 0 Å². The quantitative estimate of drug-likeness (QED) is 0.241. The van der Waals surface area contributed by atoms with Gasteiger partial charge in [0.2, 0.25) is 0 Å². The predicted octanol–water partition coefficient (Wildman–Crippen LogP) is -2.70. The van der Waals surface area contributed by atoms with Gasteiger partial charge in [0.15, 0.2) is 0 Å². The lowest BCUT2D eigenvalue weighted by Gasteiger charge is -2.06. The standard InChI is InChI=1S/C3H6O.C2H4O2.H2O4S/c1-3(2)4;1-2(3)4;1-5(2,3)4/h4H,1H2,2H3;1H3,(H,3,4);(H2,1,2,3,4)/p-4. The van der Waals surface area contributed by atoms with Gasteiger partial charge in [-0.25, -0.2) is 0 Å². The van der Waals surface area contributed by atoms with Crippen molar-refractivity contribution in [3.63, 3.8) is 0 Å². The number of allylic oxidation sites excluding steroid dienone is 1. The lowest BCUT2D eigenvalue weighted by atomic mass is 10.7. The number of aliphatic carboxylic acids is 1. The first-order chi connectivity index (χ1) is 5.46. The second-order valence-corrected chi connectivity index (χ2v) is 2.42. The lowest BCUT2D eigenvalue weighted by Crippen LogP contribution is -2.16. The molecule has 0 aromatic rings. The summed E-state index contributed by atoms with van der Waals surface area (Å²) in [7, 11) is -5.17. The average molecular weight is 212 g/mol. The molecule has 0 heterocycles. The molecule has 0 atom stereocenters. The molecule has 0 aliphatic rings. The van der Waals surface area contributed by atoms with Gasteiger partial charge in [-0.2, -0.15) is 0 Å². The molecule has 0 rings (SSSR count). The van der Waals surface area contributed by atoms with Crippen LogP contribution in [-0.4, -0.2) is 23.5 Å². The van der Waals surface area contributed by atoms with Crippen LogP contribution in [-0.2, 0) is 15.2 Å². The van der Waals surface area contributed by atoms with Gasteiger partial charge in [0, 0.05) is 16.4 Å². The summed E-state index contributed by atoms with van der Waals surface area (Å²) in [5.41, 5.74) is 0. The van der Waals surface area contributed by atoms with Gasteiger partial charge >= 0.3 is 0 Å². The Morgan fingerprint density at radius 2 is 1.15 bits per heavy atom. The summed E-state index contributed by atoms with van der Waals surface area (Å²) in [4.78, 5) is 8.89. The van der Waals surface area contributed by atoms with E-state index in [4.69, 9.17) is 27.4 Å². The summed E-state index contributed by atoms with van der Waals surface area (Å²) in [6, 6.07) is 0. The van der Waals surface area contributed by atoms with Crippen LogP contribution < -0.4 is 10.2 Å². The lowest BCUT2D eigenvalue weighted by molar-refractivity contribution is -0.302. The van der Waals surface area contributed by atoms with E-state index in [1.807, 2.05) is 0 Å². The van der Waals surface area contributed by atoms with Crippen LogP contribution in [0.3, 0.4) is 0 Å². The molecule has 7 nitrogen and oxygen atoms in total. The van der Waals surface area contributed by atoms with Crippen LogP contribution in [0.1, 0.15) is 13.8 Å². The van der Waals surface area contributed by atoms with Gasteiger partial charge in [-0.3, -0.25) is 8.42 Å². The van der Waals surface area contributed by atoms with Crippen LogP contribution in [0.5, 0.6) is 0 Å². The largest absolute Gasteiger partial charge is 0.876 e. The summed E-state index contributed by atoms with van der Waals surface area (Å²) < 4.78 is 34.1. The number of carboxylic acid groups (broad SMARTS) is 1. The van der Waals surface area contributed by atoms with Crippen LogP contribution in [0.15, 0.2) is 12.3 Å². The molecule has 0 amide bonds. The highest BCUT2D eigenvalue weighted by atomic mass is 32.3. The van der Waals surface area contributed by atoms with Crippen molar-refractivity contribution in [2.45, 2.75) is 13.8 Å². The van der Waals surface area contributed by atoms with Crippen molar-refractivity contribution >= 4 is 16.4 Å². The minimum absolute atomic E-state index is 0.0833. The number of carbonyl (C=O) groups is 1. The van der Waals surface area contributed by atoms with Crippen LogP contribution in [0.2, 0.25) is 0 Å². The maximum absolute atomic E-state index is 9.33. The van der Waals surface area contributed by atoms with Crippen LogP contribution in [0.25, 0.3) is 0 Å². The minimum Gasteiger partial charge on any atom is -0.876 e. The van der Waals surface area contributed by atoms with Gasteiger partial charge in [0.1, 0.15) is 0 Å². The fourth-order valence-corrected chi connectivity index (χ4v) is 0.